The van der Waals surface area contributed by atoms with Gasteiger partial charge in [0, 0.05) is 34.1 Å². The molecule has 0 atom stereocenters. The van der Waals surface area contributed by atoms with Gasteiger partial charge >= 0.3 is 0 Å². The summed E-state index contributed by atoms with van der Waals surface area (Å²) in [6, 6.07) is 21.2. The molecule has 1 amide bonds. The van der Waals surface area contributed by atoms with Crippen LogP contribution in [0.5, 0.6) is 0 Å². The summed E-state index contributed by atoms with van der Waals surface area (Å²) in [4.78, 5) is 16.9. The lowest BCUT2D eigenvalue weighted by Gasteiger charge is -2.17. The highest BCUT2D eigenvalue weighted by Gasteiger charge is 2.15. The van der Waals surface area contributed by atoms with Crippen LogP contribution in [0, 0.1) is 0 Å². The molecule has 0 aliphatic rings. The third-order valence-electron chi connectivity index (χ3n) is 4.02. The van der Waals surface area contributed by atoms with E-state index in [0.29, 0.717) is 5.56 Å². The number of rotatable bonds is 3. The molecule has 0 aliphatic heterocycles. The monoisotopic (exact) mass is 330 g/mol. The second kappa shape index (κ2) is 6.89. The van der Waals surface area contributed by atoms with E-state index in [1.165, 1.54) is 0 Å². The fourth-order valence-corrected chi connectivity index (χ4v) is 2.58. The van der Waals surface area contributed by atoms with Gasteiger partial charge in [-0.25, -0.2) is 0 Å². The molecule has 2 aromatic carbocycles. The number of aromatic nitrogens is 1. The minimum atomic E-state index is -0.112. The largest absolute Gasteiger partial charge is 0.322 e. The lowest BCUT2D eigenvalue weighted by Crippen LogP contribution is -2.13. The van der Waals surface area contributed by atoms with Crippen LogP contribution < -0.4 is 5.32 Å². The first kappa shape index (κ1) is 16.9. The predicted octanol–water partition coefficient (Wildman–Crippen LogP) is 5.30. The number of carbonyl (C=O) groups is 1. The average molecular weight is 330 g/mol. The van der Waals surface area contributed by atoms with E-state index in [2.05, 4.69) is 43.2 Å². The Bertz CT molecular complexity index is 863. The van der Waals surface area contributed by atoms with E-state index in [-0.39, 0.29) is 11.3 Å². The number of hydrogen-bond acceptors (Lipinski definition) is 2. The first-order valence-corrected chi connectivity index (χ1v) is 8.37. The number of hydrogen-bond donors (Lipinski definition) is 1. The second-order valence-corrected chi connectivity index (χ2v) is 7.08. The quantitative estimate of drug-likeness (QED) is 0.708. The van der Waals surface area contributed by atoms with E-state index in [4.69, 9.17) is 0 Å². The van der Waals surface area contributed by atoms with Gasteiger partial charge in [0.25, 0.3) is 5.91 Å². The van der Waals surface area contributed by atoms with Crippen LogP contribution in [0.25, 0.3) is 11.1 Å². The van der Waals surface area contributed by atoms with Crippen LogP contribution in [0.15, 0.2) is 72.9 Å². The zero-order valence-electron chi connectivity index (χ0n) is 14.8. The van der Waals surface area contributed by atoms with Crippen molar-refractivity contribution in [2.75, 3.05) is 5.32 Å². The summed E-state index contributed by atoms with van der Waals surface area (Å²) in [7, 11) is 0. The molecule has 0 saturated heterocycles. The zero-order valence-corrected chi connectivity index (χ0v) is 14.8. The van der Waals surface area contributed by atoms with Crippen molar-refractivity contribution < 1.29 is 4.79 Å². The summed E-state index contributed by atoms with van der Waals surface area (Å²) < 4.78 is 0. The smallest absolute Gasteiger partial charge is 0.255 e. The van der Waals surface area contributed by atoms with Crippen LogP contribution in [0.3, 0.4) is 0 Å². The molecule has 3 nitrogen and oxygen atoms in total. The topological polar surface area (TPSA) is 42.0 Å². The fourth-order valence-electron chi connectivity index (χ4n) is 2.58. The van der Waals surface area contributed by atoms with Crippen LogP contribution >= 0.6 is 0 Å². The summed E-state index contributed by atoms with van der Waals surface area (Å²) in [5.41, 5.74) is 4.56. The number of benzene rings is 2. The van der Waals surface area contributed by atoms with Crippen LogP contribution in [0.2, 0.25) is 0 Å². The third kappa shape index (κ3) is 4.13. The van der Waals surface area contributed by atoms with Crippen molar-refractivity contribution in [2.24, 2.45) is 0 Å². The van der Waals surface area contributed by atoms with E-state index in [1.807, 2.05) is 48.7 Å². The molecule has 3 heteroatoms. The predicted molar refractivity (Wildman–Crippen MR) is 103 cm³/mol. The van der Waals surface area contributed by atoms with Crippen LogP contribution in [0.1, 0.15) is 36.8 Å². The summed E-state index contributed by atoms with van der Waals surface area (Å²) in [5, 5.41) is 2.94. The molecule has 0 spiro atoms. The van der Waals surface area contributed by atoms with Crippen molar-refractivity contribution in [1.82, 2.24) is 4.98 Å². The number of nitrogens with one attached hydrogen (secondary N) is 1. The number of amides is 1. The maximum absolute atomic E-state index is 12.3. The molecule has 25 heavy (non-hydrogen) atoms. The average Bonchev–Trinajstić information content (AvgIpc) is 2.62. The lowest BCUT2D eigenvalue weighted by atomic mass is 9.91. The van der Waals surface area contributed by atoms with Gasteiger partial charge in [0.1, 0.15) is 0 Å². The Morgan fingerprint density at radius 3 is 2.28 bits per heavy atom. The summed E-state index contributed by atoms with van der Waals surface area (Å²) in [5.74, 6) is -0.112. The van der Waals surface area contributed by atoms with E-state index in [9.17, 15) is 4.79 Å². The van der Waals surface area contributed by atoms with Crippen molar-refractivity contribution in [3.05, 3.63) is 84.2 Å². The number of anilines is 1. The number of pyridine rings is 1. The third-order valence-corrected chi connectivity index (χ3v) is 4.02. The van der Waals surface area contributed by atoms with Gasteiger partial charge in [0.05, 0.1) is 0 Å². The molecule has 0 fully saturated rings. The van der Waals surface area contributed by atoms with Gasteiger partial charge in [-0.1, -0.05) is 57.2 Å². The summed E-state index contributed by atoms with van der Waals surface area (Å²) in [6.07, 6.45) is 1.89. The van der Waals surface area contributed by atoms with Gasteiger partial charge in [-0.2, -0.15) is 0 Å². The maximum atomic E-state index is 12.3. The lowest BCUT2D eigenvalue weighted by molar-refractivity contribution is 0.102. The van der Waals surface area contributed by atoms with Crippen LogP contribution in [0.4, 0.5) is 5.69 Å². The van der Waals surface area contributed by atoms with Crippen molar-refractivity contribution in [3.8, 4) is 11.1 Å². The van der Waals surface area contributed by atoms with Gasteiger partial charge in [0.15, 0.2) is 0 Å². The Morgan fingerprint density at radius 1 is 0.880 bits per heavy atom. The molecule has 0 radical (unpaired) electrons. The van der Waals surface area contributed by atoms with Gasteiger partial charge in [-0.15, -0.1) is 0 Å². The summed E-state index contributed by atoms with van der Waals surface area (Å²) in [6.45, 7) is 6.44. The highest BCUT2D eigenvalue weighted by atomic mass is 16.1. The molecule has 1 N–H and O–H groups in total. The first-order chi connectivity index (χ1) is 11.9. The van der Waals surface area contributed by atoms with Crippen molar-refractivity contribution in [3.63, 3.8) is 0 Å². The molecule has 3 rings (SSSR count). The number of carbonyl (C=O) groups excluding carboxylic acids is 1. The van der Waals surface area contributed by atoms with Gasteiger partial charge in [-0.05, 0) is 35.9 Å². The minimum absolute atomic E-state index is 0.0318. The van der Waals surface area contributed by atoms with E-state index < -0.39 is 0 Å². The summed E-state index contributed by atoms with van der Waals surface area (Å²) >= 11 is 0. The SMILES string of the molecule is CC(C)(C)c1ccc(-c2cccc(NC(=O)c3ccccc3)c2)cn1. The Hall–Kier alpha value is -2.94. The Labute approximate surface area is 148 Å². The first-order valence-electron chi connectivity index (χ1n) is 8.37. The molecule has 0 saturated carbocycles. The molecule has 1 aromatic heterocycles. The Kier molecular flexibility index (Phi) is 4.66. The van der Waals surface area contributed by atoms with E-state index >= 15 is 0 Å². The van der Waals surface area contributed by atoms with Gasteiger partial charge in [-0.3, -0.25) is 9.78 Å². The zero-order chi connectivity index (χ0) is 17.9. The molecular formula is C22H22N2O. The molecule has 0 aliphatic carbocycles. The van der Waals surface area contributed by atoms with Crippen molar-refractivity contribution in [2.45, 2.75) is 26.2 Å². The molecule has 0 unspecified atom stereocenters. The normalized spacial score (nSPS) is 11.2. The highest BCUT2D eigenvalue weighted by molar-refractivity contribution is 6.04. The van der Waals surface area contributed by atoms with Crippen LogP contribution in [-0.2, 0) is 5.41 Å². The van der Waals surface area contributed by atoms with E-state index in [0.717, 1.165) is 22.5 Å². The van der Waals surface area contributed by atoms with Gasteiger partial charge in [0.2, 0.25) is 0 Å². The standard InChI is InChI=1S/C22H22N2O/c1-22(2,3)20-13-12-18(15-23-20)17-10-7-11-19(14-17)24-21(25)16-8-5-4-6-9-16/h4-15H,1-3H3,(H,24,25). The van der Waals surface area contributed by atoms with Crippen molar-refractivity contribution >= 4 is 11.6 Å². The van der Waals surface area contributed by atoms with Gasteiger partial charge < -0.3 is 5.32 Å². The van der Waals surface area contributed by atoms with E-state index in [1.54, 1.807) is 12.1 Å². The molecule has 1 heterocycles. The molecule has 3 aromatic rings. The molecular weight excluding hydrogens is 308 g/mol. The Morgan fingerprint density at radius 2 is 1.64 bits per heavy atom. The molecule has 126 valence electrons. The maximum Gasteiger partial charge on any atom is 0.255 e. The Balaban J connectivity index is 1.81. The molecule has 0 bridgehead atoms. The fraction of sp³-hybridized carbons (Fsp3) is 0.182. The number of nitrogens with zero attached hydrogens (tertiary/aromatic N) is 1. The van der Waals surface area contributed by atoms with Crippen LogP contribution in [-0.4, -0.2) is 10.9 Å². The highest BCUT2D eigenvalue weighted by Crippen LogP contribution is 2.25. The van der Waals surface area contributed by atoms with Crippen molar-refractivity contribution in [1.29, 1.82) is 0 Å². The second-order valence-electron chi connectivity index (χ2n) is 7.08. The minimum Gasteiger partial charge on any atom is -0.322 e.